The van der Waals surface area contributed by atoms with Crippen LogP contribution in [0.1, 0.15) is 39.0 Å². The molecule has 1 saturated heterocycles. The molecule has 66 valence electrons. The molecule has 1 aliphatic heterocycles. The van der Waals surface area contributed by atoms with Crippen molar-refractivity contribution in [3.8, 4) is 0 Å². The molecule has 2 nitrogen and oxygen atoms in total. The minimum absolute atomic E-state index is 0.0127. The number of hydrogen-bond acceptors (Lipinski definition) is 2. The fraction of sp³-hybridized carbons (Fsp3) is 1.00. The van der Waals surface area contributed by atoms with E-state index in [1.54, 1.807) is 0 Å². The Labute approximate surface area is 68.9 Å². The average molecular weight is 176 g/mol. The summed E-state index contributed by atoms with van der Waals surface area (Å²) >= 11 is 0. The number of sulfone groups is 1. The molecule has 0 bridgehead atoms. The highest BCUT2D eigenvalue weighted by molar-refractivity contribution is 7.92. The molecular weight excluding hydrogens is 160 g/mol. The first-order chi connectivity index (χ1) is 5.17. The SMILES string of the molecule is CCCC1CCCCS1(=O)=O. The quantitative estimate of drug-likeness (QED) is 0.642. The minimum atomic E-state index is -2.69. The normalized spacial score (nSPS) is 30.1. The summed E-state index contributed by atoms with van der Waals surface area (Å²) in [6, 6.07) is 0. The summed E-state index contributed by atoms with van der Waals surface area (Å²) in [7, 11) is -2.69. The Morgan fingerprint density at radius 1 is 1.36 bits per heavy atom. The molecule has 0 aromatic heterocycles. The zero-order valence-electron chi connectivity index (χ0n) is 7.04. The Balaban J connectivity index is 2.60. The van der Waals surface area contributed by atoms with E-state index in [4.69, 9.17) is 0 Å². The molecule has 1 unspecified atom stereocenters. The predicted octanol–water partition coefficient (Wildman–Crippen LogP) is 1.75. The molecule has 3 heteroatoms. The van der Waals surface area contributed by atoms with E-state index in [2.05, 4.69) is 0 Å². The summed E-state index contributed by atoms with van der Waals surface area (Å²) in [5.41, 5.74) is 0. The van der Waals surface area contributed by atoms with E-state index < -0.39 is 9.84 Å². The second-order valence-corrected chi connectivity index (χ2v) is 5.67. The standard InChI is InChI=1S/C8H16O2S/c1-2-5-8-6-3-4-7-11(8,9)10/h8H,2-7H2,1H3. The van der Waals surface area contributed by atoms with Gasteiger partial charge in [-0.15, -0.1) is 0 Å². The van der Waals surface area contributed by atoms with Crippen LogP contribution in [0.15, 0.2) is 0 Å². The van der Waals surface area contributed by atoms with E-state index in [1.165, 1.54) is 0 Å². The van der Waals surface area contributed by atoms with E-state index in [0.717, 1.165) is 32.1 Å². The summed E-state index contributed by atoms with van der Waals surface area (Å²) in [6.07, 6.45) is 4.73. The van der Waals surface area contributed by atoms with Gasteiger partial charge < -0.3 is 0 Å². The second kappa shape index (κ2) is 3.57. The van der Waals surface area contributed by atoms with Gasteiger partial charge in [-0.1, -0.05) is 19.8 Å². The van der Waals surface area contributed by atoms with Crippen LogP contribution in [0.2, 0.25) is 0 Å². The molecule has 0 amide bonds. The molecule has 0 radical (unpaired) electrons. The van der Waals surface area contributed by atoms with Crippen molar-refractivity contribution in [1.29, 1.82) is 0 Å². The van der Waals surface area contributed by atoms with Gasteiger partial charge in [0.1, 0.15) is 0 Å². The molecular formula is C8H16O2S. The van der Waals surface area contributed by atoms with Crippen molar-refractivity contribution in [1.82, 2.24) is 0 Å². The van der Waals surface area contributed by atoms with Crippen molar-refractivity contribution < 1.29 is 8.42 Å². The summed E-state index contributed by atoms with van der Waals surface area (Å²) < 4.78 is 22.7. The average Bonchev–Trinajstić information content (AvgIpc) is 1.94. The van der Waals surface area contributed by atoms with Crippen molar-refractivity contribution in [2.45, 2.75) is 44.3 Å². The maximum atomic E-state index is 11.4. The van der Waals surface area contributed by atoms with Gasteiger partial charge in [0.25, 0.3) is 0 Å². The van der Waals surface area contributed by atoms with E-state index in [9.17, 15) is 8.42 Å². The van der Waals surface area contributed by atoms with Gasteiger partial charge in [0.2, 0.25) is 0 Å². The maximum Gasteiger partial charge on any atom is 0.153 e. The van der Waals surface area contributed by atoms with Crippen LogP contribution in [-0.2, 0) is 9.84 Å². The third kappa shape index (κ3) is 2.19. The van der Waals surface area contributed by atoms with Gasteiger partial charge in [-0.05, 0) is 19.3 Å². The molecule has 11 heavy (non-hydrogen) atoms. The smallest absolute Gasteiger partial charge is 0.153 e. The highest BCUT2D eigenvalue weighted by Gasteiger charge is 2.27. The van der Waals surface area contributed by atoms with Crippen molar-refractivity contribution in [3.05, 3.63) is 0 Å². The molecule has 0 spiro atoms. The Morgan fingerprint density at radius 3 is 2.64 bits per heavy atom. The molecule has 0 aromatic rings. The molecule has 0 N–H and O–H groups in total. The van der Waals surface area contributed by atoms with Crippen molar-refractivity contribution in [2.24, 2.45) is 0 Å². The third-order valence-electron chi connectivity index (χ3n) is 2.32. The van der Waals surface area contributed by atoms with Gasteiger partial charge in [0, 0.05) is 0 Å². The van der Waals surface area contributed by atoms with Gasteiger partial charge >= 0.3 is 0 Å². The fourth-order valence-corrected chi connectivity index (χ4v) is 3.73. The molecule has 0 aliphatic carbocycles. The molecule has 1 aliphatic rings. The van der Waals surface area contributed by atoms with Crippen LogP contribution >= 0.6 is 0 Å². The van der Waals surface area contributed by atoms with Crippen LogP contribution < -0.4 is 0 Å². The lowest BCUT2D eigenvalue weighted by Gasteiger charge is -2.21. The van der Waals surface area contributed by atoms with Crippen molar-refractivity contribution in [2.75, 3.05) is 5.75 Å². The maximum absolute atomic E-state index is 11.4. The summed E-state index contributed by atoms with van der Waals surface area (Å²) in [5.74, 6) is 0.428. The predicted molar refractivity (Wildman–Crippen MR) is 46.3 cm³/mol. The largest absolute Gasteiger partial charge is 0.229 e. The summed E-state index contributed by atoms with van der Waals surface area (Å²) in [4.78, 5) is 0. The van der Waals surface area contributed by atoms with Crippen LogP contribution in [0, 0.1) is 0 Å². The molecule has 0 aromatic carbocycles. The highest BCUT2D eigenvalue weighted by Crippen LogP contribution is 2.22. The van der Waals surface area contributed by atoms with Crippen LogP contribution in [-0.4, -0.2) is 19.4 Å². The van der Waals surface area contributed by atoms with E-state index in [0.29, 0.717) is 5.75 Å². The summed E-state index contributed by atoms with van der Waals surface area (Å²) in [5, 5.41) is -0.0127. The van der Waals surface area contributed by atoms with Crippen molar-refractivity contribution in [3.63, 3.8) is 0 Å². The fourth-order valence-electron chi connectivity index (χ4n) is 1.67. The Morgan fingerprint density at radius 2 is 2.09 bits per heavy atom. The van der Waals surface area contributed by atoms with Gasteiger partial charge in [0.05, 0.1) is 11.0 Å². The zero-order valence-corrected chi connectivity index (χ0v) is 7.86. The van der Waals surface area contributed by atoms with E-state index in [1.807, 2.05) is 6.92 Å². The van der Waals surface area contributed by atoms with E-state index in [-0.39, 0.29) is 5.25 Å². The Bertz CT molecular complexity index is 204. The van der Waals surface area contributed by atoms with Crippen LogP contribution in [0.5, 0.6) is 0 Å². The number of hydrogen-bond donors (Lipinski definition) is 0. The van der Waals surface area contributed by atoms with Crippen molar-refractivity contribution >= 4 is 9.84 Å². The van der Waals surface area contributed by atoms with Crippen LogP contribution in [0.4, 0.5) is 0 Å². The Hall–Kier alpha value is -0.0500. The Kier molecular flexibility index (Phi) is 2.93. The van der Waals surface area contributed by atoms with Gasteiger partial charge in [-0.2, -0.15) is 0 Å². The highest BCUT2D eigenvalue weighted by atomic mass is 32.2. The third-order valence-corrected chi connectivity index (χ3v) is 4.67. The molecule has 1 atom stereocenters. The molecule has 1 fully saturated rings. The molecule has 0 saturated carbocycles. The minimum Gasteiger partial charge on any atom is -0.229 e. The molecule has 1 rings (SSSR count). The first-order valence-corrected chi connectivity index (χ1v) is 6.10. The van der Waals surface area contributed by atoms with E-state index >= 15 is 0 Å². The lowest BCUT2D eigenvalue weighted by molar-refractivity contribution is 0.524. The number of rotatable bonds is 2. The molecule has 1 heterocycles. The van der Waals surface area contributed by atoms with Gasteiger partial charge in [-0.3, -0.25) is 0 Å². The first kappa shape index (κ1) is 9.04. The lowest BCUT2D eigenvalue weighted by atomic mass is 10.1. The van der Waals surface area contributed by atoms with Crippen LogP contribution in [0.3, 0.4) is 0 Å². The second-order valence-electron chi connectivity index (χ2n) is 3.27. The van der Waals surface area contributed by atoms with Crippen LogP contribution in [0.25, 0.3) is 0 Å². The summed E-state index contributed by atoms with van der Waals surface area (Å²) in [6.45, 7) is 2.05. The first-order valence-electron chi connectivity index (χ1n) is 4.38. The van der Waals surface area contributed by atoms with Gasteiger partial charge in [-0.25, -0.2) is 8.42 Å². The van der Waals surface area contributed by atoms with Gasteiger partial charge in [0.15, 0.2) is 9.84 Å². The monoisotopic (exact) mass is 176 g/mol. The zero-order chi connectivity index (χ0) is 8.32. The lowest BCUT2D eigenvalue weighted by Crippen LogP contribution is -2.28. The topological polar surface area (TPSA) is 34.1 Å².